The van der Waals surface area contributed by atoms with Crippen molar-refractivity contribution < 1.29 is 17.9 Å². The number of hydrogen-bond acceptors (Lipinski definition) is 3. The lowest BCUT2D eigenvalue weighted by Crippen LogP contribution is -2.13. The van der Waals surface area contributed by atoms with Gasteiger partial charge in [0, 0.05) is 17.3 Å². The van der Waals surface area contributed by atoms with E-state index in [1.54, 1.807) is 31.4 Å². The first-order chi connectivity index (χ1) is 10.4. The van der Waals surface area contributed by atoms with E-state index in [1.807, 2.05) is 0 Å². The third kappa shape index (κ3) is 2.49. The summed E-state index contributed by atoms with van der Waals surface area (Å²) in [5.74, 6) is 0.664. The van der Waals surface area contributed by atoms with E-state index in [4.69, 9.17) is 4.74 Å². The van der Waals surface area contributed by atoms with Gasteiger partial charge in [-0.1, -0.05) is 0 Å². The number of ether oxygens (including phenoxy) is 1. The van der Waals surface area contributed by atoms with Gasteiger partial charge in [-0.25, -0.2) is 9.50 Å². The summed E-state index contributed by atoms with van der Waals surface area (Å²) in [6.45, 7) is 1.52. The third-order valence-corrected chi connectivity index (χ3v) is 3.23. The molecule has 22 heavy (non-hydrogen) atoms. The SMILES string of the molecule is COc1ccc(-c2cc3nc(C)cc(C(F)(F)F)n3n2)cc1. The Morgan fingerprint density at radius 3 is 2.36 bits per heavy atom. The second-order valence-electron chi connectivity index (χ2n) is 4.81. The third-order valence-electron chi connectivity index (χ3n) is 3.23. The fourth-order valence-corrected chi connectivity index (χ4v) is 2.20. The lowest BCUT2D eigenvalue weighted by molar-refractivity contribution is -0.142. The second-order valence-corrected chi connectivity index (χ2v) is 4.81. The van der Waals surface area contributed by atoms with Crippen LogP contribution in [-0.4, -0.2) is 21.7 Å². The summed E-state index contributed by atoms with van der Waals surface area (Å²) in [6, 6.07) is 9.44. The van der Waals surface area contributed by atoms with Crippen LogP contribution in [0.4, 0.5) is 13.2 Å². The highest BCUT2D eigenvalue weighted by Gasteiger charge is 2.34. The van der Waals surface area contributed by atoms with Gasteiger partial charge in [-0.2, -0.15) is 18.3 Å². The van der Waals surface area contributed by atoms with Crippen LogP contribution in [0.5, 0.6) is 5.75 Å². The van der Waals surface area contributed by atoms with Crippen molar-refractivity contribution in [3.63, 3.8) is 0 Å². The highest BCUT2D eigenvalue weighted by Crippen LogP contribution is 2.31. The van der Waals surface area contributed by atoms with Crippen LogP contribution in [0.1, 0.15) is 11.4 Å². The van der Waals surface area contributed by atoms with Crippen molar-refractivity contribution in [1.29, 1.82) is 0 Å². The maximum atomic E-state index is 13.1. The number of benzene rings is 1. The van der Waals surface area contributed by atoms with Crippen molar-refractivity contribution in [2.24, 2.45) is 0 Å². The number of aromatic nitrogens is 3. The van der Waals surface area contributed by atoms with Gasteiger partial charge < -0.3 is 4.74 Å². The van der Waals surface area contributed by atoms with Gasteiger partial charge in [-0.05, 0) is 37.3 Å². The van der Waals surface area contributed by atoms with Crippen molar-refractivity contribution in [2.75, 3.05) is 7.11 Å². The van der Waals surface area contributed by atoms with Crippen LogP contribution >= 0.6 is 0 Å². The van der Waals surface area contributed by atoms with Crippen LogP contribution in [0.15, 0.2) is 36.4 Å². The average molecular weight is 307 g/mol. The maximum Gasteiger partial charge on any atom is 0.433 e. The Kier molecular flexibility index (Phi) is 3.27. The molecular formula is C15H12F3N3O. The Bertz CT molecular complexity index is 822. The number of methoxy groups -OCH3 is 1. The summed E-state index contributed by atoms with van der Waals surface area (Å²) in [5, 5.41) is 4.04. The van der Waals surface area contributed by atoms with Crippen LogP contribution in [0.25, 0.3) is 16.9 Å². The molecule has 0 unspecified atom stereocenters. The molecule has 3 rings (SSSR count). The Labute approximate surface area is 124 Å². The first-order valence-corrected chi connectivity index (χ1v) is 6.47. The molecule has 0 aliphatic heterocycles. The molecule has 0 atom stereocenters. The predicted octanol–water partition coefficient (Wildman–Crippen LogP) is 3.73. The van der Waals surface area contributed by atoms with Crippen LogP contribution in [0.3, 0.4) is 0 Å². The molecule has 0 N–H and O–H groups in total. The quantitative estimate of drug-likeness (QED) is 0.724. The zero-order valence-corrected chi connectivity index (χ0v) is 11.8. The van der Waals surface area contributed by atoms with Gasteiger partial charge in [0.25, 0.3) is 0 Å². The Morgan fingerprint density at radius 1 is 1.09 bits per heavy atom. The van der Waals surface area contributed by atoms with Crippen LogP contribution in [0.2, 0.25) is 0 Å². The van der Waals surface area contributed by atoms with E-state index < -0.39 is 11.9 Å². The molecule has 0 aliphatic rings. The number of alkyl halides is 3. The Hall–Kier alpha value is -2.57. The molecule has 0 saturated carbocycles. The lowest BCUT2D eigenvalue weighted by atomic mass is 10.1. The fourth-order valence-electron chi connectivity index (χ4n) is 2.20. The number of aryl methyl sites for hydroxylation is 1. The number of hydrogen-bond donors (Lipinski definition) is 0. The summed E-state index contributed by atoms with van der Waals surface area (Å²) in [7, 11) is 1.54. The summed E-state index contributed by atoms with van der Waals surface area (Å²) in [4.78, 5) is 4.11. The number of nitrogens with zero attached hydrogens (tertiary/aromatic N) is 3. The molecule has 2 aromatic heterocycles. The molecule has 0 fully saturated rings. The fraction of sp³-hybridized carbons (Fsp3) is 0.200. The molecule has 2 heterocycles. The van der Waals surface area contributed by atoms with E-state index >= 15 is 0 Å². The zero-order chi connectivity index (χ0) is 15.9. The monoisotopic (exact) mass is 307 g/mol. The normalized spacial score (nSPS) is 11.9. The van der Waals surface area contributed by atoms with Gasteiger partial charge in [0.2, 0.25) is 0 Å². The van der Waals surface area contributed by atoms with Gasteiger partial charge in [-0.15, -0.1) is 0 Å². The van der Waals surface area contributed by atoms with E-state index in [0.717, 1.165) is 10.6 Å². The maximum absolute atomic E-state index is 13.1. The van der Waals surface area contributed by atoms with Crippen molar-refractivity contribution in [2.45, 2.75) is 13.1 Å². The van der Waals surface area contributed by atoms with Crippen molar-refractivity contribution in [1.82, 2.24) is 14.6 Å². The van der Waals surface area contributed by atoms with E-state index in [-0.39, 0.29) is 5.65 Å². The summed E-state index contributed by atoms with van der Waals surface area (Å²) in [5.41, 5.74) is 0.734. The van der Waals surface area contributed by atoms with E-state index in [2.05, 4.69) is 10.1 Å². The van der Waals surface area contributed by atoms with Crippen molar-refractivity contribution in [3.8, 4) is 17.0 Å². The molecule has 3 aromatic rings. The minimum Gasteiger partial charge on any atom is -0.497 e. The van der Waals surface area contributed by atoms with Crippen LogP contribution in [-0.2, 0) is 6.18 Å². The first kappa shape index (κ1) is 14.4. The molecule has 0 radical (unpaired) electrons. The van der Waals surface area contributed by atoms with E-state index in [1.165, 1.54) is 13.0 Å². The van der Waals surface area contributed by atoms with Crippen LogP contribution < -0.4 is 4.74 Å². The Balaban J connectivity index is 2.16. The molecule has 0 bridgehead atoms. The average Bonchev–Trinajstić information content (AvgIpc) is 2.89. The van der Waals surface area contributed by atoms with Gasteiger partial charge in [0.15, 0.2) is 5.65 Å². The standard InChI is InChI=1S/C15H12F3N3O/c1-9-7-13(15(16,17)18)21-14(19-9)8-12(20-21)10-3-5-11(22-2)6-4-10/h3-8H,1-2H3. The number of fused-ring (bicyclic) bond motifs is 1. The molecule has 0 spiro atoms. The number of halogens is 3. The van der Waals surface area contributed by atoms with Gasteiger partial charge in [-0.3, -0.25) is 0 Å². The Morgan fingerprint density at radius 2 is 1.77 bits per heavy atom. The number of rotatable bonds is 2. The molecule has 0 saturated heterocycles. The molecule has 0 amide bonds. The molecular weight excluding hydrogens is 295 g/mol. The smallest absolute Gasteiger partial charge is 0.433 e. The molecule has 1 aromatic carbocycles. The van der Waals surface area contributed by atoms with E-state index in [0.29, 0.717) is 22.7 Å². The zero-order valence-electron chi connectivity index (χ0n) is 11.8. The minimum absolute atomic E-state index is 0.165. The highest BCUT2D eigenvalue weighted by atomic mass is 19.4. The van der Waals surface area contributed by atoms with Crippen molar-refractivity contribution >= 4 is 5.65 Å². The lowest BCUT2D eigenvalue weighted by Gasteiger charge is -2.09. The predicted molar refractivity (Wildman–Crippen MR) is 74.7 cm³/mol. The van der Waals surface area contributed by atoms with Gasteiger partial charge >= 0.3 is 6.18 Å². The largest absolute Gasteiger partial charge is 0.497 e. The molecule has 0 aliphatic carbocycles. The van der Waals surface area contributed by atoms with Gasteiger partial charge in [0.1, 0.15) is 11.4 Å². The molecule has 4 nitrogen and oxygen atoms in total. The summed E-state index contributed by atoms with van der Waals surface area (Å²) < 4.78 is 45.2. The summed E-state index contributed by atoms with van der Waals surface area (Å²) in [6.07, 6.45) is -4.49. The first-order valence-electron chi connectivity index (χ1n) is 6.47. The van der Waals surface area contributed by atoms with E-state index in [9.17, 15) is 13.2 Å². The topological polar surface area (TPSA) is 39.4 Å². The summed E-state index contributed by atoms with van der Waals surface area (Å²) >= 11 is 0. The highest BCUT2D eigenvalue weighted by molar-refractivity contribution is 5.65. The second kappa shape index (κ2) is 5.01. The van der Waals surface area contributed by atoms with Crippen molar-refractivity contribution in [3.05, 3.63) is 47.8 Å². The van der Waals surface area contributed by atoms with Gasteiger partial charge in [0.05, 0.1) is 12.8 Å². The van der Waals surface area contributed by atoms with Crippen LogP contribution in [0, 0.1) is 6.92 Å². The molecule has 114 valence electrons. The minimum atomic E-state index is -4.49. The molecule has 7 heteroatoms.